The fraction of sp³-hybridized carbons (Fsp3) is 0.0952. The highest BCUT2D eigenvalue weighted by Crippen LogP contribution is 2.19. The zero-order chi connectivity index (χ0) is 19.9. The highest BCUT2D eigenvalue weighted by molar-refractivity contribution is 6.05. The lowest BCUT2D eigenvalue weighted by Gasteiger charge is -2.09. The van der Waals surface area contributed by atoms with Crippen LogP contribution in [0, 0.1) is 11.6 Å². The van der Waals surface area contributed by atoms with Crippen molar-refractivity contribution in [3.8, 4) is 0 Å². The van der Waals surface area contributed by atoms with Crippen LogP contribution in [0.25, 0.3) is 0 Å². The maximum Gasteiger partial charge on any atom is 0.257 e. The third kappa shape index (κ3) is 4.76. The molecule has 3 rings (SSSR count). The summed E-state index contributed by atoms with van der Waals surface area (Å²) >= 11 is 0. The Hall–Kier alpha value is -3.61. The number of halogens is 2. The smallest absolute Gasteiger partial charge is 0.257 e. The lowest BCUT2D eigenvalue weighted by atomic mass is 10.1. The molecule has 0 atom stereocenters. The number of amides is 2. The molecule has 0 bridgehead atoms. The van der Waals surface area contributed by atoms with E-state index in [2.05, 4.69) is 15.6 Å². The van der Waals surface area contributed by atoms with E-state index >= 15 is 0 Å². The number of para-hydroxylation sites is 1. The van der Waals surface area contributed by atoms with Crippen molar-refractivity contribution in [2.45, 2.75) is 6.42 Å². The minimum Gasteiger partial charge on any atom is -0.352 e. The van der Waals surface area contributed by atoms with Crippen LogP contribution in [-0.4, -0.2) is 23.3 Å². The van der Waals surface area contributed by atoms with Gasteiger partial charge in [0.25, 0.3) is 11.8 Å². The van der Waals surface area contributed by atoms with Gasteiger partial charge in [-0.15, -0.1) is 0 Å². The summed E-state index contributed by atoms with van der Waals surface area (Å²) < 4.78 is 27.4. The van der Waals surface area contributed by atoms with Crippen LogP contribution in [0.15, 0.2) is 67.0 Å². The first-order valence-electron chi connectivity index (χ1n) is 8.57. The Kier molecular flexibility index (Phi) is 6.06. The topological polar surface area (TPSA) is 71.1 Å². The monoisotopic (exact) mass is 381 g/mol. The Bertz CT molecular complexity index is 974. The van der Waals surface area contributed by atoms with Gasteiger partial charge in [-0.1, -0.05) is 36.4 Å². The van der Waals surface area contributed by atoms with Gasteiger partial charge in [0.2, 0.25) is 0 Å². The SMILES string of the molecule is O=C(NCCc1ccccc1)c1cncc(C(=O)Nc2c(F)cccc2F)c1. The Labute approximate surface area is 160 Å². The number of carbonyl (C=O) groups is 2. The largest absolute Gasteiger partial charge is 0.352 e. The number of nitrogens with zero attached hydrogens (tertiary/aromatic N) is 1. The predicted molar refractivity (Wildman–Crippen MR) is 101 cm³/mol. The quantitative estimate of drug-likeness (QED) is 0.686. The van der Waals surface area contributed by atoms with Gasteiger partial charge in [0.15, 0.2) is 0 Å². The minimum atomic E-state index is -0.892. The van der Waals surface area contributed by atoms with Gasteiger partial charge in [0, 0.05) is 18.9 Å². The molecule has 1 heterocycles. The first-order valence-corrected chi connectivity index (χ1v) is 8.57. The summed E-state index contributed by atoms with van der Waals surface area (Å²) in [5, 5.41) is 4.92. The third-order valence-corrected chi connectivity index (χ3v) is 4.01. The van der Waals surface area contributed by atoms with Gasteiger partial charge in [0.05, 0.1) is 11.1 Å². The van der Waals surface area contributed by atoms with E-state index < -0.39 is 29.1 Å². The Morgan fingerprint density at radius 3 is 2.18 bits per heavy atom. The van der Waals surface area contributed by atoms with Crippen LogP contribution < -0.4 is 10.6 Å². The van der Waals surface area contributed by atoms with Crippen molar-refractivity contribution >= 4 is 17.5 Å². The Balaban J connectivity index is 1.64. The molecule has 0 aliphatic carbocycles. The summed E-state index contributed by atoms with van der Waals surface area (Å²) in [5.74, 6) is -2.95. The molecular weight excluding hydrogens is 364 g/mol. The molecular formula is C21H17F2N3O2. The fourth-order valence-corrected chi connectivity index (χ4v) is 2.56. The maximum absolute atomic E-state index is 13.7. The summed E-state index contributed by atoms with van der Waals surface area (Å²) in [5.41, 5.74) is 0.722. The van der Waals surface area contributed by atoms with Crippen molar-refractivity contribution in [2.24, 2.45) is 0 Å². The van der Waals surface area contributed by atoms with Crippen molar-refractivity contribution in [1.29, 1.82) is 0 Å². The van der Waals surface area contributed by atoms with E-state index in [0.29, 0.717) is 13.0 Å². The van der Waals surface area contributed by atoms with Crippen LogP contribution in [0.1, 0.15) is 26.3 Å². The molecule has 2 aromatic carbocycles. The molecule has 142 valence electrons. The highest BCUT2D eigenvalue weighted by Gasteiger charge is 2.15. The summed E-state index contributed by atoms with van der Waals surface area (Å²) in [7, 11) is 0. The average molecular weight is 381 g/mol. The number of nitrogens with one attached hydrogen (secondary N) is 2. The molecule has 28 heavy (non-hydrogen) atoms. The maximum atomic E-state index is 13.7. The third-order valence-electron chi connectivity index (χ3n) is 4.01. The predicted octanol–water partition coefficient (Wildman–Crippen LogP) is 3.58. The zero-order valence-corrected chi connectivity index (χ0v) is 14.8. The van der Waals surface area contributed by atoms with Crippen LogP contribution in [0.3, 0.4) is 0 Å². The molecule has 5 nitrogen and oxygen atoms in total. The van der Waals surface area contributed by atoms with Crippen LogP contribution in [0.5, 0.6) is 0 Å². The summed E-state index contributed by atoms with van der Waals surface area (Å²) in [6.45, 7) is 0.416. The lowest BCUT2D eigenvalue weighted by Crippen LogP contribution is -2.26. The van der Waals surface area contributed by atoms with Gasteiger partial charge in [-0.05, 0) is 30.2 Å². The number of rotatable bonds is 6. The van der Waals surface area contributed by atoms with Gasteiger partial charge in [-0.2, -0.15) is 0 Å². The molecule has 1 aromatic heterocycles. The first kappa shape index (κ1) is 19.2. The number of carbonyl (C=O) groups excluding carboxylic acids is 2. The Morgan fingerprint density at radius 1 is 0.857 bits per heavy atom. The first-order chi connectivity index (χ1) is 13.5. The molecule has 2 amide bonds. The van der Waals surface area contributed by atoms with E-state index in [-0.39, 0.29) is 11.1 Å². The van der Waals surface area contributed by atoms with E-state index in [0.717, 1.165) is 17.7 Å². The molecule has 0 aliphatic rings. The summed E-state index contributed by atoms with van der Waals surface area (Å²) in [6, 6.07) is 14.3. The molecule has 0 saturated carbocycles. The summed E-state index contributed by atoms with van der Waals surface area (Å²) in [4.78, 5) is 28.4. The number of benzene rings is 2. The minimum absolute atomic E-state index is 0.0124. The molecule has 0 radical (unpaired) electrons. The zero-order valence-electron chi connectivity index (χ0n) is 14.8. The van der Waals surface area contributed by atoms with Crippen molar-refractivity contribution < 1.29 is 18.4 Å². The molecule has 0 spiro atoms. The molecule has 7 heteroatoms. The van der Waals surface area contributed by atoms with Crippen LogP contribution in [-0.2, 0) is 6.42 Å². The molecule has 3 aromatic rings. The highest BCUT2D eigenvalue weighted by atomic mass is 19.1. The van der Waals surface area contributed by atoms with Crippen molar-refractivity contribution in [1.82, 2.24) is 10.3 Å². The summed E-state index contributed by atoms with van der Waals surface area (Å²) in [6.07, 6.45) is 3.19. The van der Waals surface area contributed by atoms with Gasteiger partial charge in [0.1, 0.15) is 17.3 Å². The second-order valence-corrected chi connectivity index (χ2v) is 6.00. The van der Waals surface area contributed by atoms with Gasteiger partial charge < -0.3 is 10.6 Å². The van der Waals surface area contributed by atoms with Crippen molar-refractivity contribution in [2.75, 3.05) is 11.9 Å². The van der Waals surface area contributed by atoms with Crippen LogP contribution in [0.4, 0.5) is 14.5 Å². The Morgan fingerprint density at radius 2 is 1.50 bits per heavy atom. The number of pyridine rings is 1. The van der Waals surface area contributed by atoms with Crippen LogP contribution in [0.2, 0.25) is 0 Å². The molecule has 0 fully saturated rings. The number of aromatic nitrogens is 1. The van der Waals surface area contributed by atoms with E-state index in [1.807, 2.05) is 30.3 Å². The standard InChI is InChI=1S/C21H17F2N3O2/c22-17-7-4-8-18(23)19(17)26-21(28)16-11-15(12-24-13-16)20(27)25-10-9-14-5-2-1-3-6-14/h1-8,11-13H,9-10H2,(H,25,27)(H,26,28). The second-order valence-electron chi connectivity index (χ2n) is 6.00. The average Bonchev–Trinajstić information content (AvgIpc) is 2.71. The normalized spacial score (nSPS) is 10.4. The van der Waals surface area contributed by atoms with E-state index in [9.17, 15) is 18.4 Å². The van der Waals surface area contributed by atoms with E-state index in [1.165, 1.54) is 24.5 Å². The van der Waals surface area contributed by atoms with Crippen molar-refractivity contribution in [3.05, 3.63) is 95.3 Å². The van der Waals surface area contributed by atoms with E-state index in [4.69, 9.17) is 0 Å². The molecule has 0 saturated heterocycles. The van der Waals surface area contributed by atoms with Gasteiger partial charge in [-0.25, -0.2) is 8.78 Å². The number of hydrogen-bond acceptors (Lipinski definition) is 3. The number of hydrogen-bond donors (Lipinski definition) is 2. The molecule has 0 unspecified atom stereocenters. The molecule has 0 aliphatic heterocycles. The lowest BCUT2D eigenvalue weighted by molar-refractivity contribution is 0.0953. The second kappa shape index (κ2) is 8.85. The van der Waals surface area contributed by atoms with Gasteiger partial charge in [-0.3, -0.25) is 14.6 Å². The van der Waals surface area contributed by atoms with Crippen LogP contribution >= 0.6 is 0 Å². The fourth-order valence-electron chi connectivity index (χ4n) is 2.56. The molecule has 2 N–H and O–H groups in total. The van der Waals surface area contributed by atoms with E-state index in [1.54, 1.807) is 0 Å². The number of anilines is 1. The van der Waals surface area contributed by atoms with Crippen molar-refractivity contribution in [3.63, 3.8) is 0 Å². The van der Waals surface area contributed by atoms with Gasteiger partial charge >= 0.3 is 0 Å².